The molecule has 1 fully saturated rings. The maximum atomic E-state index is 14.0. The smallest absolute Gasteiger partial charge is 0.271 e. The van der Waals surface area contributed by atoms with Gasteiger partial charge in [-0.1, -0.05) is 24.3 Å². The third-order valence-electron chi connectivity index (χ3n) is 6.33. The van der Waals surface area contributed by atoms with E-state index in [2.05, 4.69) is 15.6 Å². The Balaban J connectivity index is 1.47. The zero-order chi connectivity index (χ0) is 26.6. The SMILES string of the molecule is O=C(CCN1C(=S)N[C@@H](c2ccccn2)[C@H]1c1cccn1-c1cccc([N+](=O)[O-])c1)Nc1ccccc1F. The molecule has 2 aromatic carbocycles. The highest BCUT2D eigenvalue weighted by Gasteiger charge is 2.41. The summed E-state index contributed by atoms with van der Waals surface area (Å²) in [5, 5.41) is 17.8. The van der Waals surface area contributed by atoms with Crippen molar-refractivity contribution >= 4 is 34.6 Å². The molecule has 2 atom stereocenters. The molecule has 1 aliphatic heterocycles. The summed E-state index contributed by atoms with van der Waals surface area (Å²) in [6.45, 7) is 0.250. The van der Waals surface area contributed by atoms with Crippen LogP contribution in [-0.4, -0.2) is 36.9 Å². The van der Waals surface area contributed by atoms with Crippen molar-refractivity contribution in [3.63, 3.8) is 0 Å². The Hall–Kier alpha value is -4.64. The number of para-hydroxylation sites is 1. The molecule has 0 bridgehead atoms. The number of hydrogen-bond donors (Lipinski definition) is 2. The first-order valence-electron chi connectivity index (χ1n) is 11.9. The van der Waals surface area contributed by atoms with Crippen LogP contribution in [0.15, 0.2) is 91.3 Å². The number of thiocarbonyl (C=S) groups is 1. The minimum atomic E-state index is -0.512. The lowest BCUT2D eigenvalue weighted by Crippen LogP contribution is -2.33. The monoisotopic (exact) mass is 530 g/mol. The summed E-state index contributed by atoms with van der Waals surface area (Å²) in [6.07, 6.45) is 3.58. The molecule has 1 aliphatic rings. The molecule has 1 saturated heterocycles. The van der Waals surface area contributed by atoms with Gasteiger partial charge in [-0.3, -0.25) is 19.9 Å². The van der Waals surface area contributed by atoms with E-state index in [1.54, 1.807) is 30.5 Å². The number of nitrogens with zero attached hydrogens (tertiary/aromatic N) is 4. The number of aromatic nitrogens is 2. The van der Waals surface area contributed by atoms with Crippen LogP contribution in [0.4, 0.5) is 15.8 Å². The molecule has 3 heterocycles. The minimum absolute atomic E-state index is 0.0230. The normalized spacial score (nSPS) is 16.8. The Bertz CT molecular complexity index is 1490. The molecule has 1 amide bonds. The van der Waals surface area contributed by atoms with E-state index in [9.17, 15) is 19.3 Å². The Kier molecular flexibility index (Phi) is 7.09. The molecule has 0 aliphatic carbocycles. The second kappa shape index (κ2) is 10.8. The van der Waals surface area contributed by atoms with Crippen molar-refractivity contribution in [3.8, 4) is 5.69 Å². The fraction of sp³-hybridized carbons (Fsp3) is 0.148. The topological polar surface area (TPSA) is 105 Å². The lowest BCUT2D eigenvalue weighted by atomic mass is 10.0. The van der Waals surface area contributed by atoms with Crippen molar-refractivity contribution in [2.45, 2.75) is 18.5 Å². The van der Waals surface area contributed by atoms with E-state index >= 15 is 0 Å². The first kappa shape index (κ1) is 25.0. The fourth-order valence-electron chi connectivity index (χ4n) is 4.59. The summed E-state index contributed by atoms with van der Waals surface area (Å²) in [4.78, 5) is 30.1. The number of hydrogen-bond acceptors (Lipinski definition) is 5. The third kappa shape index (κ3) is 5.09. The zero-order valence-electron chi connectivity index (χ0n) is 20.0. The molecule has 38 heavy (non-hydrogen) atoms. The molecule has 0 radical (unpaired) electrons. The molecule has 192 valence electrons. The summed E-state index contributed by atoms with van der Waals surface area (Å²) < 4.78 is 15.9. The van der Waals surface area contributed by atoms with E-state index in [0.29, 0.717) is 10.8 Å². The maximum absolute atomic E-state index is 14.0. The predicted molar refractivity (Wildman–Crippen MR) is 144 cm³/mol. The first-order valence-corrected chi connectivity index (χ1v) is 12.3. The highest BCUT2D eigenvalue weighted by molar-refractivity contribution is 7.80. The Morgan fingerprint density at radius 3 is 2.68 bits per heavy atom. The van der Waals surface area contributed by atoms with Gasteiger partial charge < -0.3 is 20.1 Å². The third-order valence-corrected chi connectivity index (χ3v) is 6.68. The number of nitro benzene ring substituents is 1. The van der Waals surface area contributed by atoms with Crippen molar-refractivity contribution < 1.29 is 14.1 Å². The molecule has 2 aromatic heterocycles. The number of non-ortho nitro benzene ring substituents is 1. The Morgan fingerprint density at radius 1 is 1.11 bits per heavy atom. The lowest BCUT2D eigenvalue weighted by molar-refractivity contribution is -0.384. The van der Waals surface area contributed by atoms with Crippen LogP contribution in [0.5, 0.6) is 0 Å². The Morgan fingerprint density at radius 2 is 1.92 bits per heavy atom. The van der Waals surface area contributed by atoms with Gasteiger partial charge in [-0.05, 0) is 54.7 Å². The van der Waals surface area contributed by atoms with Gasteiger partial charge in [0.25, 0.3) is 5.69 Å². The summed E-state index contributed by atoms with van der Waals surface area (Å²) in [7, 11) is 0. The van der Waals surface area contributed by atoms with Crippen molar-refractivity contribution in [1.29, 1.82) is 0 Å². The van der Waals surface area contributed by atoms with Crippen molar-refractivity contribution in [2.75, 3.05) is 11.9 Å². The number of amides is 1. The van der Waals surface area contributed by atoms with Gasteiger partial charge in [0.2, 0.25) is 5.91 Å². The highest BCUT2D eigenvalue weighted by Crippen LogP contribution is 2.39. The quantitative estimate of drug-likeness (QED) is 0.189. The number of nitro groups is 1. The van der Waals surface area contributed by atoms with Crippen molar-refractivity contribution in [1.82, 2.24) is 19.8 Å². The van der Waals surface area contributed by atoms with Gasteiger partial charge in [-0.15, -0.1) is 0 Å². The first-order chi connectivity index (χ1) is 18.4. The van der Waals surface area contributed by atoms with Gasteiger partial charge in [0.05, 0.1) is 34.1 Å². The molecule has 4 aromatic rings. The van der Waals surface area contributed by atoms with Crippen LogP contribution < -0.4 is 10.6 Å². The molecular formula is C27H23FN6O3S. The number of anilines is 1. The van der Waals surface area contributed by atoms with Crippen LogP contribution in [0.1, 0.15) is 29.9 Å². The average Bonchev–Trinajstić information content (AvgIpc) is 3.53. The number of benzene rings is 2. The summed E-state index contributed by atoms with van der Waals surface area (Å²) >= 11 is 5.68. The molecule has 0 saturated carbocycles. The zero-order valence-corrected chi connectivity index (χ0v) is 20.8. The number of pyridine rings is 1. The van der Waals surface area contributed by atoms with Gasteiger partial charge in [0.1, 0.15) is 5.82 Å². The van der Waals surface area contributed by atoms with Crippen LogP contribution in [0.25, 0.3) is 5.69 Å². The predicted octanol–water partition coefficient (Wildman–Crippen LogP) is 4.92. The van der Waals surface area contributed by atoms with Gasteiger partial charge in [0, 0.05) is 43.2 Å². The van der Waals surface area contributed by atoms with Crippen LogP contribution in [0, 0.1) is 15.9 Å². The minimum Gasteiger partial charge on any atom is -0.352 e. The number of halogens is 1. The fourth-order valence-corrected chi connectivity index (χ4v) is 4.92. The van der Waals surface area contributed by atoms with Crippen LogP contribution in [0.3, 0.4) is 0 Å². The molecule has 0 unspecified atom stereocenters. The molecular weight excluding hydrogens is 507 g/mol. The van der Waals surface area contributed by atoms with E-state index in [1.165, 1.54) is 24.3 Å². The summed E-state index contributed by atoms with van der Waals surface area (Å²) in [5.41, 5.74) is 2.27. The standard InChI is InChI=1S/C27H23FN6O3S/c28-20-9-1-2-10-21(20)30-24(35)13-16-33-26(25(31-27(33)38)22-11-3-4-14-29-22)23-12-6-15-32(23)18-7-5-8-19(17-18)34(36)37/h1-12,14-15,17,25-26H,13,16H2,(H,30,35)(H,31,38)/t25-,26+/m0/s1. The molecule has 9 nitrogen and oxygen atoms in total. The van der Waals surface area contributed by atoms with E-state index < -0.39 is 10.7 Å². The van der Waals surface area contributed by atoms with Crippen LogP contribution in [0.2, 0.25) is 0 Å². The van der Waals surface area contributed by atoms with Gasteiger partial charge in [-0.2, -0.15) is 0 Å². The molecule has 2 N–H and O–H groups in total. The summed E-state index contributed by atoms with van der Waals surface area (Å²) in [6, 6.07) is 21.0. The number of nitrogens with one attached hydrogen (secondary N) is 2. The molecule has 11 heteroatoms. The van der Waals surface area contributed by atoms with Crippen LogP contribution >= 0.6 is 12.2 Å². The maximum Gasteiger partial charge on any atom is 0.271 e. The van der Waals surface area contributed by atoms with Gasteiger partial charge in [-0.25, -0.2) is 4.39 Å². The highest BCUT2D eigenvalue weighted by atomic mass is 32.1. The molecule has 0 spiro atoms. The number of rotatable bonds is 8. The number of carbonyl (C=O) groups excluding carboxylic acids is 1. The van der Waals surface area contributed by atoms with E-state index in [-0.39, 0.29) is 42.3 Å². The van der Waals surface area contributed by atoms with Crippen molar-refractivity contribution in [3.05, 3.63) is 119 Å². The van der Waals surface area contributed by atoms with Crippen molar-refractivity contribution in [2.24, 2.45) is 0 Å². The largest absolute Gasteiger partial charge is 0.352 e. The van der Waals surface area contributed by atoms with Gasteiger partial charge >= 0.3 is 0 Å². The van der Waals surface area contributed by atoms with Crippen LogP contribution in [-0.2, 0) is 4.79 Å². The molecule has 5 rings (SSSR count). The average molecular weight is 531 g/mol. The second-order valence-corrected chi connectivity index (χ2v) is 9.06. The van der Waals surface area contributed by atoms with Gasteiger partial charge in [0.15, 0.2) is 5.11 Å². The lowest BCUT2D eigenvalue weighted by Gasteiger charge is -2.28. The number of carbonyl (C=O) groups is 1. The second-order valence-electron chi connectivity index (χ2n) is 8.68. The summed E-state index contributed by atoms with van der Waals surface area (Å²) in [5.74, 6) is -0.867. The van der Waals surface area contributed by atoms with E-state index in [1.807, 2.05) is 46.0 Å². The van der Waals surface area contributed by atoms with E-state index in [0.717, 1.165) is 11.4 Å². The Labute approximate surface area is 223 Å². The van der Waals surface area contributed by atoms with E-state index in [4.69, 9.17) is 12.2 Å².